The van der Waals surface area contributed by atoms with Gasteiger partial charge in [-0.05, 0) is 29.7 Å². The maximum atomic E-state index is 12.2. The quantitative estimate of drug-likeness (QED) is 0.856. The molecule has 1 heterocycles. The molecule has 2 aromatic rings. The van der Waals surface area contributed by atoms with Gasteiger partial charge in [0.15, 0.2) is 0 Å². The Balaban J connectivity index is 1.63. The van der Waals surface area contributed by atoms with E-state index in [1.54, 1.807) is 30.3 Å². The Bertz CT molecular complexity index is 940. The summed E-state index contributed by atoms with van der Waals surface area (Å²) in [6, 6.07) is 12.9. The van der Waals surface area contributed by atoms with E-state index >= 15 is 0 Å². The van der Waals surface area contributed by atoms with Crippen molar-refractivity contribution in [3.8, 4) is 0 Å². The molecule has 1 aliphatic rings. The van der Waals surface area contributed by atoms with Gasteiger partial charge in [-0.1, -0.05) is 36.4 Å². The highest BCUT2D eigenvalue weighted by Crippen LogP contribution is 2.22. The smallest absolute Gasteiger partial charge is 0.324 e. The minimum atomic E-state index is -3.82. The fraction of sp³-hybridized carbons (Fsp3) is 0.176. The van der Waals surface area contributed by atoms with Gasteiger partial charge in [0.25, 0.3) is 5.91 Å². The summed E-state index contributed by atoms with van der Waals surface area (Å²) in [4.78, 5) is 25.6. The van der Waals surface area contributed by atoms with Crippen LogP contribution in [0.1, 0.15) is 21.5 Å². The maximum Gasteiger partial charge on any atom is 0.324 e. The van der Waals surface area contributed by atoms with Crippen LogP contribution >= 0.6 is 0 Å². The van der Waals surface area contributed by atoms with Crippen LogP contribution in [-0.2, 0) is 23.0 Å². The number of carbonyl (C=O) groups excluding carboxylic acids is 2. The molecule has 1 aliphatic heterocycles. The van der Waals surface area contributed by atoms with E-state index in [9.17, 15) is 18.0 Å². The number of amides is 3. The van der Waals surface area contributed by atoms with Crippen LogP contribution < -0.4 is 10.5 Å². The SMILES string of the molecule is NS(=O)(=O)c1ccccc1CCNC(=O)N1Cc2ccccc2C1=O. The summed E-state index contributed by atoms with van der Waals surface area (Å²) in [6.45, 7) is 0.417. The predicted molar refractivity (Wildman–Crippen MR) is 91.2 cm³/mol. The molecule has 7 nitrogen and oxygen atoms in total. The summed E-state index contributed by atoms with van der Waals surface area (Å²) in [6.07, 6.45) is 0.285. The van der Waals surface area contributed by atoms with E-state index in [2.05, 4.69) is 5.32 Å². The number of urea groups is 1. The molecule has 0 spiro atoms. The predicted octanol–water partition coefficient (Wildman–Crippen LogP) is 1.24. The maximum absolute atomic E-state index is 12.2. The molecule has 0 unspecified atom stereocenters. The van der Waals surface area contributed by atoms with Crippen molar-refractivity contribution in [3.63, 3.8) is 0 Å². The van der Waals surface area contributed by atoms with E-state index in [0.717, 1.165) is 10.5 Å². The Morgan fingerprint density at radius 1 is 1.12 bits per heavy atom. The normalized spacial score (nSPS) is 13.6. The van der Waals surface area contributed by atoms with Gasteiger partial charge in [-0.3, -0.25) is 9.69 Å². The first kappa shape index (κ1) is 17.1. The van der Waals surface area contributed by atoms with E-state index in [4.69, 9.17) is 5.14 Å². The molecule has 8 heteroatoms. The van der Waals surface area contributed by atoms with Crippen LogP contribution in [0.25, 0.3) is 0 Å². The van der Waals surface area contributed by atoms with Crippen molar-refractivity contribution >= 4 is 22.0 Å². The van der Waals surface area contributed by atoms with Crippen LogP contribution in [0.3, 0.4) is 0 Å². The molecule has 0 saturated heterocycles. The van der Waals surface area contributed by atoms with Crippen molar-refractivity contribution < 1.29 is 18.0 Å². The highest BCUT2D eigenvalue weighted by Gasteiger charge is 2.31. The summed E-state index contributed by atoms with van der Waals surface area (Å²) in [5.74, 6) is -0.335. The first-order valence-electron chi connectivity index (χ1n) is 7.66. The first-order chi connectivity index (χ1) is 11.9. The van der Waals surface area contributed by atoms with E-state index in [-0.39, 0.29) is 30.3 Å². The lowest BCUT2D eigenvalue weighted by atomic mass is 10.1. The number of nitrogens with one attached hydrogen (secondary N) is 1. The largest absolute Gasteiger partial charge is 0.337 e. The molecule has 0 bridgehead atoms. The van der Waals surface area contributed by atoms with Gasteiger partial charge in [0.2, 0.25) is 10.0 Å². The molecule has 2 aromatic carbocycles. The zero-order valence-corrected chi connectivity index (χ0v) is 14.1. The van der Waals surface area contributed by atoms with Crippen molar-refractivity contribution in [1.82, 2.24) is 10.2 Å². The summed E-state index contributed by atoms with van der Waals surface area (Å²) >= 11 is 0. The van der Waals surface area contributed by atoms with Gasteiger partial charge >= 0.3 is 6.03 Å². The first-order valence-corrected chi connectivity index (χ1v) is 9.21. The molecule has 0 fully saturated rings. The third-order valence-corrected chi connectivity index (χ3v) is 5.03. The van der Waals surface area contributed by atoms with Gasteiger partial charge in [0.05, 0.1) is 11.4 Å². The van der Waals surface area contributed by atoms with Gasteiger partial charge in [-0.15, -0.1) is 0 Å². The van der Waals surface area contributed by atoms with Crippen LogP contribution in [0.4, 0.5) is 4.79 Å². The van der Waals surface area contributed by atoms with E-state index < -0.39 is 16.1 Å². The lowest BCUT2D eigenvalue weighted by molar-refractivity contribution is 0.0821. The molecule has 130 valence electrons. The van der Waals surface area contributed by atoms with Crippen LogP contribution in [0, 0.1) is 0 Å². The molecule has 3 N–H and O–H groups in total. The Kier molecular flexibility index (Phi) is 4.56. The second-order valence-electron chi connectivity index (χ2n) is 5.68. The minimum Gasteiger partial charge on any atom is -0.337 e. The lowest BCUT2D eigenvalue weighted by Crippen LogP contribution is -2.40. The van der Waals surface area contributed by atoms with Crippen molar-refractivity contribution in [1.29, 1.82) is 0 Å². The number of imide groups is 1. The molecule has 0 aromatic heterocycles. The number of sulfonamides is 1. The summed E-state index contributed by atoms with van der Waals surface area (Å²) in [5, 5.41) is 7.84. The van der Waals surface area contributed by atoms with Crippen LogP contribution in [0.15, 0.2) is 53.4 Å². The Morgan fingerprint density at radius 2 is 1.80 bits per heavy atom. The number of carbonyl (C=O) groups is 2. The van der Waals surface area contributed by atoms with Crippen molar-refractivity contribution in [3.05, 3.63) is 65.2 Å². The molecular formula is C17H17N3O4S. The number of fused-ring (bicyclic) bond motifs is 1. The second kappa shape index (κ2) is 6.66. The number of nitrogens with two attached hydrogens (primary N) is 1. The Hall–Kier alpha value is -2.71. The Morgan fingerprint density at radius 3 is 2.52 bits per heavy atom. The highest BCUT2D eigenvalue weighted by molar-refractivity contribution is 7.89. The summed E-state index contributed by atoms with van der Waals surface area (Å²) in [7, 11) is -3.82. The molecule has 0 radical (unpaired) electrons. The second-order valence-corrected chi connectivity index (χ2v) is 7.21. The van der Waals surface area contributed by atoms with Crippen molar-refractivity contribution in [2.24, 2.45) is 5.14 Å². The standard InChI is InChI=1S/C17H17N3O4S/c18-25(23,24)15-8-4-2-5-12(15)9-10-19-17(22)20-11-13-6-1-3-7-14(13)16(20)21/h1-8H,9-11H2,(H,19,22)(H2,18,23,24). The molecule has 0 aliphatic carbocycles. The topological polar surface area (TPSA) is 110 Å². The van der Waals surface area contributed by atoms with Gasteiger partial charge in [-0.2, -0.15) is 0 Å². The van der Waals surface area contributed by atoms with Gasteiger partial charge < -0.3 is 5.32 Å². The molecular weight excluding hydrogens is 342 g/mol. The minimum absolute atomic E-state index is 0.0360. The van der Waals surface area contributed by atoms with E-state index in [1.807, 2.05) is 12.1 Å². The zero-order chi connectivity index (χ0) is 18.0. The average molecular weight is 359 g/mol. The third kappa shape index (κ3) is 3.54. The van der Waals surface area contributed by atoms with E-state index in [0.29, 0.717) is 11.1 Å². The fourth-order valence-corrected chi connectivity index (χ4v) is 3.61. The van der Waals surface area contributed by atoms with Gasteiger partial charge in [-0.25, -0.2) is 18.4 Å². The number of primary sulfonamides is 1. The highest BCUT2D eigenvalue weighted by atomic mass is 32.2. The molecule has 0 atom stereocenters. The number of rotatable bonds is 4. The van der Waals surface area contributed by atoms with E-state index in [1.165, 1.54) is 6.07 Å². The monoisotopic (exact) mass is 359 g/mol. The number of benzene rings is 2. The summed E-state index contributed by atoms with van der Waals surface area (Å²) < 4.78 is 23.1. The Labute approximate surface area is 145 Å². The van der Waals surface area contributed by atoms with Crippen LogP contribution in [-0.4, -0.2) is 31.8 Å². The zero-order valence-electron chi connectivity index (χ0n) is 13.3. The molecule has 0 saturated carbocycles. The molecule has 3 rings (SSSR count). The third-order valence-electron chi connectivity index (χ3n) is 4.02. The number of hydrogen-bond donors (Lipinski definition) is 2. The van der Waals surface area contributed by atoms with Crippen LogP contribution in [0.2, 0.25) is 0 Å². The molecule has 3 amide bonds. The van der Waals surface area contributed by atoms with Crippen molar-refractivity contribution in [2.45, 2.75) is 17.9 Å². The van der Waals surface area contributed by atoms with Gasteiger partial charge in [0.1, 0.15) is 0 Å². The van der Waals surface area contributed by atoms with Crippen molar-refractivity contribution in [2.75, 3.05) is 6.54 Å². The summed E-state index contributed by atoms with van der Waals surface area (Å²) in [5.41, 5.74) is 1.85. The average Bonchev–Trinajstić information content (AvgIpc) is 2.92. The lowest BCUT2D eigenvalue weighted by Gasteiger charge is -2.15. The fourth-order valence-electron chi connectivity index (χ4n) is 2.81. The van der Waals surface area contributed by atoms with Crippen LogP contribution in [0.5, 0.6) is 0 Å². The molecule has 25 heavy (non-hydrogen) atoms. The number of hydrogen-bond acceptors (Lipinski definition) is 4. The van der Waals surface area contributed by atoms with Gasteiger partial charge in [0, 0.05) is 12.1 Å². The number of nitrogens with zero attached hydrogens (tertiary/aromatic N) is 1.